The molecule has 0 saturated carbocycles. The molecule has 2 heterocycles. The first-order chi connectivity index (χ1) is 13.1. The van der Waals surface area contributed by atoms with Crippen LogP contribution < -0.4 is 9.64 Å². The Labute approximate surface area is 160 Å². The quantitative estimate of drug-likeness (QED) is 0.734. The number of rotatable bonds is 5. The lowest BCUT2D eigenvalue weighted by atomic mass is 10.1. The van der Waals surface area contributed by atoms with Gasteiger partial charge in [0.2, 0.25) is 0 Å². The highest BCUT2D eigenvalue weighted by Crippen LogP contribution is 2.32. The largest absolute Gasteiger partial charge is 0.479 e. The molecule has 1 aromatic heterocycles. The molecule has 27 heavy (non-hydrogen) atoms. The van der Waals surface area contributed by atoms with Crippen molar-refractivity contribution in [3.8, 4) is 5.75 Å². The number of fused-ring (bicyclic) bond motifs is 1. The molecule has 1 atom stereocenters. The third-order valence-corrected chi connectivity index (χ3v) is 5.66. The van der Waals surface area contributed by atoms with Gasteiger partial charge in [0.15, 0.2) is 11.9 Å². The van der Waals surface area contributed by atoms with Gasteiger partial charge in [-0.05, 0) is 42.0 Å². The molecule has 140 valence electrons. The van der Waals surface area contributed by atoms with E-state index in [9.17, 15) is 14.0 Å². The number of carbonyl (C=O) groups is 2. The number of carbonyl (C=O) groups excluding carboxylic acids is 2. The van der Waals surface area contributed by atoms with E-state index >= 15 is 0 Å². The van der Waals surface area contributed by atoms with Crippen LogP contribution in [0, 0.1) is 5.82 Å². The summed E-state index contributed by atoms with van der Waals surface area (Å²) in [6.45, 7) is 2.48. The summed E-state index contributed by atoms with van der Waals surface area (Å²) < 4.78 is 20.1. The zero-order chi connectivity index (χ0) is 19.0. The Morgan fingerprint density at radius 2 is 2.15 bits per heavy atom. The van der Waals surface area contributed by atoms with Gasteiger partial charge in [-0.2, -0.15) is 0 Å². The Morgan fingerprint density at radius 1 is 1.30 bits per heavy atom. The Morgan fingerprint density at radius 3 is 2.89 bits per heavy atom. The van der Waals surface area contributed by atoms with Crippen molar-refractivity contribution in [2.75, 3.05) is 17.2 Å². The number of amides is 1. The molecule has 7 heteroatoms. The summed E-state index contributed by atoms with van der Waals surface area (Å²) in [7, 11) is 0. The van der Waals surface area contributed by atoms with Crippen LogP contribution in [-0.2, 0) is 11.2 Å². The predicted octanol–water partition coefficient (Wildman–Crippen LogP) is 3.65. The number of benzene rings is 1. The van der Waals surface area contributed by atoms with Crippen LogP contribution in [0.15, 0.2) is 35.5 Å². The van der Waals surface area contributed by atoms with Gasteiger partial charge in [0.05, 0.1) is 11.2 Å². The van der Waals surface area contributed by atoms with E-state index in [0.717, 1.165) is 10.8 Å². The highest BCUT2D eigenvalue weighted by molar-refractivity contribution is 7.99. The Balaban J connectivity index is 1.50. The molecule has 1 aliphatic heterocycles. The number of halogens is 1. The first-order valence-electron chi connectivity index (χ1n) is 8.99. The van der Waals surface area contributed by atoms with Crippen molar-refractivity contribution >= 4 is 29.1 Å². The molecule has 1 aromatic carbocycles. The van der Waals surface area contributed by atoms with Gasteiger partial charge in [0.1, 0.15) is 11.6 Å². The van der Waals surface area contributed by atoms with Crippen molar-refractivity contribution in [1.82, 2.24) is 4.98 Å². The number of Topliss-reactive ketones (excluding diaryl/α,β-unsaturated/α-hetero) is 1. The molecule has 0 bridgehead atoms. The van der Waals surface area contributed by atoms with Crippen molar-refractivity contribution in [3.05, 3.63) is 47.4 Å². The lowest BCUT2D eigenvalue weighted by Gasteiger charge is -2.18. The number of nitrogens with zero attached hydrogens (tertiary/aromatic N) is 2. The molecule has 1 saturated heterocycles. The van der Waals surface area contributed by atoms with Gasteiger partial charge in [-0.3, -0.25) is 9.59 Å². The van der Waals surface area contributed by atoms with Crippen LogP contribution in [0.4, 0.5) is 10.1 Å². The van der Waals surface area contributed by atoms with Gasteiger partial charge in [-0.15, -0.1) is 11.8 Å². The number of anilines is 1. The number of pyridine rings is 1. The maximum Gasteiger partial charge on any atom is 0.268 e. The molecule has 1 unspecified atom stereocenters. The summed E-state index contributed by atoms with van der Waals surface area (Å²) in [5, 5.41) is 0.905. The average molecular weight is 386 g/mol. The topological polar surface area (TPSA) is 59.5 Å². The average Bonchev–Trinajstić information content (AvgIpc) is 3.21. The lowest BCUT2D eigenvalue weighted by Crippen LogP contribution is -2.32. The van der Waals surface area contributed by atoms with Crippen molar-refractivity contribution in [1.29, 1.82) is 0 Å². The molecule has 4 rings (SSSR count). The Kier molecular flexibility index (Phi) is 4.86. The van der Waals surface area contributed by atoms with Crippen molar-refractivity contribution in [2.45, 2.75) is 37.3 Å². The fourth-order valence-electron chi connectivity index (χ4n) is 3.51. The maximum atomic E-state index is 14.3. The summed E-state index contributed by atoms with van der Waals surface area (Å²) in [5.41, 5.74) is 1.28. The second-order valence-corrected chi connectivity index (χ2v) is 7.81. The molecular weight excluding hydrogens is 367 g/mol. The SMILES string of the molecule is CCSc1ccc(OC2CCN(c3cc(F)c4c(c3)C(=O)CC4)C2=O)cn1. The van der Waals surface area contributed by atoms with Gasteiger partial charge in [-0.1, -0.05) is 6.92 Å². The standard InChI is InChI=1S/C20H19FN2O3S/c1-2-27-19-6-3-13(11-22-19)26-18-7-8-23(20(18)25)12-9-15-14(16(21)10-12)4-5-17(15)24/h3,6,9-11,18H,2,4-5,7-8H2,1H3. The van der Waals surface area contributed by atoms with Gasteiger partial charge in [0, 0.05) is 30.6 Å². The minimum Gasteiger partial charge on any atom is -0.479 e. The normalized spacial score (nSPS) is 18.9. The van der Waals surface area contributed by atoms with Crippen LogP contribution in [0.1, 0.15) is 35.7 Å². The van der Waals surface area contributed by atoms with Gasteiger partial charge < -0.3 is 9.64 Å². The second-order valence-electron chi connectivity index (χ2n) is 6.53. The predicted molar refractivity (Wildman–Crippen MR) is 101 cm³/mol. The Hall–Kier alpha value is -2.41. The van der Waals surface area contributed by atoms with Gasteiger partial charge in [0.25, 0.3) is 5.91 Å². The number of thioether (sulfide) groups is 1. The number of hydrogen-bond donors (Lipinski definition) is 0. The first kappa shape index (κ1) is 18.0. The smallest absolute Gasteiger partial charge is 0.268 e. The van der Waals surface area contributed by atoms with E-state index in [1.165, 1.54) is 11.0 Å². The number of ether oxygens (including phenoxy) is 1. The van der Waals surface area contributed by atoms with Gasteiger partial charge in [-0.25, -0.2) is 9.37 Å². The minimum absolute atomic E-state index is 0.0682. The maximum absolute atomic E-state index is 14.3. The second kappa shape index (κ2) is 7.31. The number of aromatic nitrogens is 1. The van der Waals surface area contributed by atoms with Crippen LogP contribution in [0.25, 0.3) is 0 Å². The third-order valence-electron chi connectivity index (χ3n) is 4.83. The van der Waals surface area contributed by atoms with E-state index in [1.807, 2.05) is 6.07 Å². The first-order valence-corrected chi connectivity index (χ1v) is 9.98. The molecule has 2 aliphatic rings. The van der Waals surface area contributed by atoms with Crippen LogP contribution >= 0.6 is 11.8 Å². The summed E-state index contributed by atoms with van der Waals surface area (Å²) in [5.74, 6) is 0.751. The minimum atomic E-state index is -0.636. The van der Waals surface area contributed by atoms with E-state index < -0.39 is 11.9 Å². The van der Waals surface area contributed by atoms with Crippen LogP contribution in [0.2, 0.25) is 0 Å². The highest BCUT2D eigenvalue weighted by Gasteiger charge is 2.36. The van der Waals surface area contributed by atoms with Gasteiger partial charge >= 0.3 is 0 Å². The van der Waals surface area contributed by atoms with Crippen molar-refractivity contribution < 1.29 is 18.7 Å². The fraction of sp³-hybridized carbons (Fsp3) is 0.350. The van der Waals surface area contributed by atoms with E-state index in [1.54, 1.807) is 30.1 Å². The van der Waals surface area contributed by atoms with Crippen molar-refractivity contribution in [3.63, 3.8) is 0 Å². The van der Waals surface area contributed by atoms with Crippen LogP contribution in [-0.4, -0.2) is 35.1 Å². The molecule has 0 radical (unpaired) electrons. The monoisotopic (exact) mass is 386 g/mol. The molecule has 0 N–H and O–H groups in total. The lowest BCUT2D eigenvalue weighted by molar-refractivity contribution is -0.122. The number of hydrogen-bond acceptors (Lipinski definition) is 5. The molecule has 1 aliphatic carbocycles. The third kappa shape index (κ3) is 3.43. The molecule has 1 fully saturated rings. The summed E-state index contributed by atoms with van der Waals surface area (Å²) in [6, 6.07) is 6.64. The summed E-state index contributed by atoms with van der Waals surface area (Å²) >= 11 is 1.63. The van der Waals surface area contributed by atoms with Crippen LogP contribution in [0.5, 0.6) is 5.75 Å². The van der Waals surface area contributed by atoms with E-state index in [0.29, 0.717) is 48.4 Å². The molecule has 1 amide bonds. The summed E-state index contributed by atoms with van der Waals surface area (Å²) in [4.78, 5) is 30.5. The zero-order valence-corrected chi connectivity index (χ0v) is 15.7. The summed E-state index contributed by atoms with van der Waals surface area (Å²) in [6.07, 6.45) is 2.23. The fourth-order valence-corrected chi connectivity index (χ4v) is 4.09. The van der Waals surface area contributed by atoms with E-state index in [-0.39, 0.29) is 11.7 Å². The molecular formula is C20H19FN2O3S. The van der Waals surface area contributed by atoms with Crippen LogP contribution in [0.3, 0.4) is 0 Å². The van der Waals surface area contributed by atoms with Crippen molar-refractivity contribution in [2.24, 2.45) is 0 Å². The van der Waals surface area contributed by atoms with E-state index in [2.05, 4.69) is 11.9 Å². The highest BCUT2D eigenvalue weighted by atomic mass is 32.2. The number of ketones is 1. The Bertz CT molecular complexity index is 901. The molecule has 0 spiro atoms. The molecule has 2 aromatic rings. The van der Waals surface area contributed by atoms with E-state index in [4.69, 9.17) is 4.74 Å². The zero-order valence-electron chi connectivity index (χ0n) is 14.9. The molecule has 5 nitrogen and oxygen atoms in total.